The second kappa shape index (κ2) is 6.93. The van der Waals surface area contributed by atoms with Crippen LogP contribution >= 0.6 is 0 Å². The quantitative estimate of drug-likeness (QED) is 0.909. The van der Waals surface area contributed by atoms with Crippen molar-refractivity contribution in [3.63, 3.8) is 0 Å². The van der Waals surface area contributed by atoms with Crippen molar-refractivity contribution in [2.75, 3.05) is 19.6 Å². The van der Waals surface area contributed by atoms with Gasteiger partial charge in [0, 0.05) is 24.7 Å². The Morgan fingerprint density at radius 2 is 1.90 bits per heavy atom. The predicted octanol–water partition coefficient (Wildman–Crippen LogP) is 3.62. The van der Waals surface area contributed by atoms with E-state index in [0.29, 0.717) is 11.6 Å². The first-order valence-electron chi connectivity index (χ1n) is 8.81. The Morgan fingerprint density at radius 1 is 1.14 bits per heavy atom. The zero-order valence-corrected chi connectivity index (χ0v) is 13.5. The first-order chi connectivity index (χ1) is 10.3. The van der Waals surface area contributed by atoms with Gasteiger partial charge in [-0.3, -0.25) is 4.90 Å². The number of hydrogen-bond acceptors (Lipinski definition) is 2. The number of aryl methyl sites for hydroxylation is 1. The minimum Gasteiger partial charge on any atom is -0.311 e. The van der Waals surface area contributed by atoms with Crippen LogP contribution in [0.2, 0.25) is 0 Å². The lowest BCUT2D eigenvalue weighted by Gasteiger charge is -2.51. The summed E-state index contributed by atoms with van der Waals surface area (Å²) in [7, 11) is 0. The van der Waals surface area contributed by atoms with Crippen LogP contribution in [0.15, 0.2) is 30.3 Å². The van der Waals surface area contributed by atoms with Crippen molar-refractivity contribution < 1.29 is 0 Å². The van der Waals surface area contributed by atoms with Crippen LogP contribution in [0.25, 0.3) is 0 Å². The summed E-state index contributed by atoms with van der Waals surface area (Å²) in [6.45, 7) is 6.04. The molecule has 0 radical (unpaired) electrons. The van der Waals surface area contributed by atoms with E-state index in [4.69, 9.17) is 0 Å². The maximum atomic E-state index is 3.74. The minimum absolute atomic E-state index is 0.474. The molecule has 2 aliphatic rings. The van der Waals surface area contributed by atoms with Gasteiger partial charge in [-0.1, -0.05) is 49.6 Å². The average Bonchev–Trinajstić information content (AvgIpc) is 2.53. The van der Waals surface area contributed by atoms with Gasteiger partial charge in [-0.2, -0.15) is 0 Å². The van der Waals surface area contributed by atoms with Crippen molar-refractivity contribution in [1.29, 1.82) is 0 Å². The molecular weight excluding hydrogens is 256 g/mol. The fourth-order valence-electron chi connectivity index (χ4n) is 4.21. The van der Waals surface area contributed by atoms with Crippen LogP contribution < -0.4 is 5.32 Å². The van der Waals surface area contributed by atoms with E-state index in [2.05, 4.69) is 47.5 Å². The smallest absolute Gasteiger partial charge is 0.0334 e. The van der Waals surface area contributed by atoms with Crippen LogP contribution in [0.3, 0.4) is 0 Å². The van der Waals surface area contributed by atoms with E-state index in [0.717, 1.165) is 0 Å². The summed E-state index contributed by atoms with van der Waals surface area (Å²) < 4.78 is 0. The number of benzene rings is 1. The van der Waals surface area contributed by atoms with Gasteiger partial charge >= 0.3 is 0 Å². The summed E-state index contributed by atoms with van der Waals surface area (Å²) in [6.07, 6.45) is 9.59. The molecule has 1 unspecified atom stereocenters. The summed E-state index contributed by atoms with van der Waals surface area (Å²) in [6, 6.07) is 11.6. The molecule has 1 aromatic carbocycles. The van der Waals surface area contributed by atoms with Crippen LogP contribution in [0.4, 0.5) is 0 Å². The lowest BCUT2D eigenvalue weighted by molar-refractivity contribution is 0.0121. The van der Waals surface area contributed by atoms with E-state index in [1.165, 1.54) is 70.1 Å². The Hall–Kier alpha value is -0.860. The molecule has 1 saturated carbocycles. The van der Waals surface area contributed by atoms with E-state index in [-0.39, 0.29) is 0 Å². The molecule has 116 valence electrons. The van der Waals surface area contributed by atoms with Gasteiger partial charge in [-0.15, -0.1) is 0 Å². The fraction of sp³-hybridized carbons (Fsp3) is 0.684. The molecule has 0 aromatic heterocycles. The maximum Gasteiger partial charge on any atom is 0.0334 e. The van der Waals surface area contributed by atoms with Crippen molar-refractivity contribution in [2.24, 2.45) is 0 Å². The third-order valence-electron chi connectivity index (χ3n) is 5.47. The summed E-state index contributed by atoms with van der Waals surface area (Å²) in [4.78, 5) is 2.83. The van der Waals surface area contributed by atoms with Crippen molar-refractivity contribution in [1.82, 2.24) is 10.2 Å². The SMILES string of the molecule is CC1CN(CCCc2ccccc2)C2(CCCCC2)CN1. The number of hydrogen-bond donors (Lipinski definition) is 1. The van der Waals surface area contributed by atoms with Gasteiger partial charge in [0.15, 0.2) is 0 Å². The van der Waals surface area contributed by atoms with Crippen LogP contribution in [0, 0.1) is 0 Å². The molecule has 1 atom stereocenters. The zero-order chi connectivity index (χ0) is 14.5. The Morgan fingerprint density at radius 3 is 2.67 bits per heavy atom. The standard InChI is InChI=1S/C19H30N2/c1-17-15-21(14-8-11-18-9-4-2-5-10-18)19(16-20-17)12-6-3-7-13-19/h2,4-5,9-10,17,20H,3,6-8,11-16H2,1H3. The predicted molar refractivity (Wildman–Crippen MR) is 89.6 cm³/mol. The van der Waals surface area contributed by atoms with Crippen molar-refractivity contribution in [3.8, 4) is 0 Å². The largest absolute Gasteiger partial charge is 0.311 e. The van der Waals surface area contributed by atoms with Gasteiger partial charge in [0.1, 0.15) is 0 Å². The van der Waals surface area contributed by atoms with Gasteiger partial charge in [0.25, 0.3) is 0 Å². The Bertz CT molecular complexity index is 422. The Kier molecular flexibility index (Phi) is 4.97. The molecular formula is C19H30N2. The van der Waals surface area contributed by atoms with Crippen LogP contribution in [0.5, 0.6) is 0 Å². The highest BCUT2D eigenvalue weighted by molar-refractivity contribution is 5.14. The lowest BCUT2D eigenvalue weighted by atomic mass is 9.78. The molecule has 1 heterocycles. The van der Waals surface area contributed by atoms with Gasteiger partial charge in [0.2, 0.25) is 0 Å². The molecule has 2 nitrogen and oxygen atoms in total. The topological polar surface area (TPSA) is 15.3 Å². The summed E-state index contributed by atoms with van der Waals surface area (Å²) in [5, 5.41) is 3.74. The Labute approximate surface area is 129 Å². The van der Waals surface area contributed by atoms with Crippen molar-refractivity contribution >= 4 is 0 Å². The molecule has 1 aliphatic heterocycles. The number of nitrogens with zero attached hydrogens (tertiary/aromatic N) is 1. The van der Waals surface area contributed by atoms with Crippen molar-refractivity contribution in [3.05, 3.63) is 35.9 Å². The molecule has 0 bridgehead atoms. The highest BCUT2D eigenvalue weighted by atomic mass is 15.3. The van der Waals surface area contributed by atoms with Crippen molar-refractivity contribution in [2.45, 2.75) is 63.5 Å². The summed E-state index contributed by atoms with van der Waals surface area (Å²) >= 11 is 0. The molecule has 2 fully saturated rings. The molecule has 21 heavy (non-hydrogen) atoms. The zero-order valence-electron chi connectivity index (χ0n) is 13.5. The third kappa shape index (κ3) is 3.67. The fourth-order valence-corrected chi connectivity index (χ4v) is 4.21. The van der Waals surface area contributed by atoms with E-state index in [9.17, 15) is 0 Å². The highest BCUT2D eigenvalue weighted by Crippen LogP contribution is 2.35. The number of nitrogens with one attached hydrogen (secondary N) is 1. The third-order valence-corrected chi connectivity index (χ3v) is 5.47. The normalized spacial score (nSPS) is 26.0. The summed E-state index contributed by atoms with van der Waals surface area (Å²) in [5.41, 5.74) is 1.96. The van der Waals surface area contributed by atoms with Gasteiger partial charge in [0.05, 0.1) is 0 Å². The van der Waals surface area contributed by atoms with E-state index in [1.807, 2.05) is 0 Å². The molecule has 1 aromatic rings. The minimum atomic E-state index is 0.474. The molecule has 1 saturated heterocycles. The van der Waals surface area contributed by atoms with Crippen LogP contribution in [-0.4, -0.2) is 36.1 Å². The van der Waals surface area contributed by atoms with Crippen LogP contribution in [-0.2, 0) is 6.42 Å². The molecule has 3 rings (SSSR count). The molecule has 1 N–H and O–H groups in total. The van der Waals surface area contributed by atoms with Crippen LogP contribution in [0.1, 0.15) is 51.0 Å². The average molecular weight is 286 g/mol. The second-order valence-electron chi connectivity index (χ2n) is 7.10. The summed E-state index contributed by atoms with van der Waals surface area (Å²) in [5.74, 6) is 0. The first-order valence-corrected chi connectivity index (χ1v) is 8.81. The monoisotopic (exact) mass is 286 g/mol. The number of rotatable bonds is 4. The lowest BCUT2D eigenvalue weighted by Crippen LogP contribution is -2.64. The van der Waals surface area contributed by atoms with E-state index in [1.54, 1.807) is 0 Å². The van der Waals surface area contributed by atoms with Gasteiger partial charge in [-0.05, 0) is 44.7 Å². The first kappa shape index (κ1) is 15.1. The molecule has 1 aliphatic carbocycles. The second-order valence-corrected chi connectivity index (χ2v) is 7.10. The molecule has 1 spiro atoms. The highest BCUT2D eigenvalue weighted by Gasteiger charge is 2.40. The van der Waals surface area contributed by atoms with Gasteiger partial charge < -0.3 is 5.32 Å². The number of piperazine rings is 1. The molecule has 2 heteroatoms. The van der Waals surface area contributed by atoms with E-state index >= 15 is 0 Å². The molecule has 0 amide bonds. The van der Waals surface area contributed by atoms with E-state index < -0.39 is 0 Å². The Balaban J connectivity index is 1.58. The maximum absolute atomic E-state index is 3.74. The van der Waals surface area contributed by atoms with Gasteiger partial charge in [-0.25, -0.2) is 0 Å².